The molecule has 10 heavy (non-hydrogen) atoms. The zero-order chi connectivity index (χ0) is 7.35. The van der Waals surface area contributed by atoms with Crippen molar-refractivity contribution < 1.29 is 5.11 Å². The van der Waals surface area contributed by atoms with Crippen LogP contribution in [0.1, 0.15) is 26.2 Å². The van der Waals surface area contributed by atoms with Gasteiger partial charge in [-0.2, -0.15) is 0 Å². The van der Waals surface area contributed by atoms with Crippen molar-refractivity contribution in [1.82, 2.24) is 0 Å². The lowest BCUT2D eigenvalue weighted by Gasteiger charge is -2.24. The van der Waals surface area contributed by atoms with Crippen molar-refractivity contribution in [2.24, 2.45) is 11.3 Å². The first-order valence-corrected chi connectivity index (χ1v) is 4.01. The fraction of sp³-hybridized carbons (Fsp3) is 0.778. The highest BCUT2D eigenvalue weighted by Crippen LogP contribution is 2.62. The smallest absolute Gasteiger partial charge is 0.0580 e. The number of rotatable bonds is 0. The van der Waals surface area contributed by atoms with Gasteiger partial charge in [-0.05, 0) is 30.6 Å². The molecular weight excluding hydrogens is 124 g/mol. The van der Waals surface area contributed by atoms with Crippen LogP contribution in [0.15, 0.2) is 12.2 Å². The Morgan fingerprint density at radius 1 is 1.70 bits per heavy atom. The summed E-state index contributed by atoms with van der Waals surface area (Å²) in [5, 5.41) is 9.46. The number of allylic oxidation sites excluding steroid dienone is 1. The van der Waals surface area contributed by atoms with Crippen molar-refractivity contribution in [3.05, 3.63) is 12.2 Å². The SMILES string of the molecule is C=C1CC[C@H](O)[C@H]2C[C@@]12C. The van der Waals surface area contributed by atoms with Gasteiger partial charge in [0.15, 0.2) is 0 Å². The van der Waals surface area contributed by atoms with Crippen LogP contribution in [0.4, 0.5) is 0 Å². The largest absolute Gasteiger partial charge is 0.393 e. The van der Waals surface area contributed by atoms with E-state index in [-0.39, 0.29) is 6.10 Å². The van der Waals surface area contributed by atoms with Crippen molar-refractivity contribution in [1.29, 1.82) is 0 Å². The Labute approximate surface area is 61.8 Å². The summed E-state index contributed by atoms with van der Waals surface area (Å²) >= 11 is 0. The average Bonchev–Trinajstić information content (AvgIpc) is 2.56. The summed E-state index contributed by atoms with van der Waals surface area (Å²) in [6.45, 7) is 6.26. The van der Waals surface area contributed by atoms with E-state index in [1.807, 2.05) is 0 Å². The third-order valence-corrected chi connectivity index (χ3v) is 3.32. The van der Waals surface area contributed by atoms with E-state index in [9.17, 15) is 5.11 Å². The first-order chi connectivity index (χ1) is 4.64. The highest BCUT2D eigenvalue weighted by atomic mass is 16.3. The second-order valence-electron chi connectivity index (χ2n) is 3.94. The van der Waals surface area contributed by atoms with E-state index < -0.39 is 0 Å². The van der Waals surface area contributed by atoms with Gasteiger partial charge in [-0.3, -0.25) is 0 Å². The fourth-order valence-electron chi connectivity index (χ4n) is 2.17. The highest BCUT2D eigenvalue weighted by molar-refractivity contribution is 5.25. The Hall–Kier alpha value is -0.300. The van der Waals surface area contributed by atoms with Crippen LogP contribution in [0, 0.1) is 11.3 Å². The number of hydrogen-bond acceptors (Lipinski definition) is 1. The van der Waals surface area contributed by atoms with Gasteiger partial charge < -0.3 is 5.11 Å². The molecule has 1 heteroatoms. The summed E-state index contributed by atoms with van der Waals surface area (Å²) in [5.41, 5.74) is 1.69. The average molecular weight is 138 g/mol. The molecule has 0 saturated heterocycles. The zero-order valence-corrected chi connectivity index (χ0v) is 6.43. The van der Waals surface area contributed by atoms with Crippen molar-refractivity contribution in [3.8, 4) is 0 Å². The summed E-state index contributed by atoms with van der Waals surface area (Å²) < 4.78 is 0. The Bertz CT molecular complexity index is 185. The van der Waals surface area contributed by atoms with Crippen LogP contribution in [0.25, 0.3) is 0 Å². The van der Waals surface area contributed by atoms with Gasteiger partial charge in [-0.1, -0.05) is 19.1 Å². The van der Waals surface area contributed by atoms with Crippen molar-refractivity contribution in [2.75, 3.05) is 0 Å². The summed E-state index contributed by atoms with van der Waals surface area (Å²) in [6.07, 6.45) is 3.12. The van der Waals surface area contributed by atoms with E-state index in [1.54, 1.807) is 0 Å². The van der Waals surface area contributed by atoms with Crippen LogP contribution in [-0.4, -0.2) is 11.2 Å². The Morgan fingerprint density at radius 3 is 3.00 bits per heavy atom. The van der Waals surface area contributed by atoms with Crippen LogP contribution < -0.4 is 0 Å². The Balaban J connectivity index is 2.19. The molecule has 0 aliphatic heterocycles. The number of aliphatic hydroxyl groups is 1. The minimum absolute atomic E-state index is 0.0319. The van der Waals surface area contributed by atoms with E-state index >= 15 is 0 Å². The number of fused-ring (bicyclic) bond motifs is 1. The molecule has 56 valence electrons. The highest BCUT2D eigenvalue weighted by Gasteiger charge is 2.57. The summed E-state index contributed by atoms with van der Waals surface area (Å²) in [7, 11) is 0. The standard InChI is InChI=1S/C9H14O/c1-6-3-4-8(10)7-5-9(6,7)2/h7-8,10H,1,3-5H2,2H3/t7-,8+,9+/m1/s1. The lowest BCUT2D eigenvalue weighted by Crippen LogP contribution is -2.21. The molecule has 2 fully saturated rings. The van der Waals surface area contributed by atoms with E-state index in [0.717, 1.165) is 12.8 Å². The van der Waals surface area contributed by atoms with Gasteiger partial charge >= 0.3 is 0 Å². The van der Waals surface area contributed by atoms with Crippen LogP contribution in [0.2, 0.25) is 0 Å². The third kappa shape index (κ3) is 0.615. The molecule has 0 heterocycles. The fourth-order valence-corrected chi connectivity index (χ4v) is 2.17. The molecule has 2 rings (SSSR count). The van der Waals surface area contributed by atoms with Gasteiger partial charge in [0.25, 0.3) is 0 Å². The number of aliphatic hydroxyl groups excluding tert-OH is 1. The molecule has 0 unspecified atom stereocenters. The second-order valence-corrected chi connectivity index (χ2v) is 3.94. The van der Waals surface area contributed by atoms with Crippen LogP contribution in [0.3, 0.4) is 0 Å². The molecule has 2 saturated carbocycles. The molecule has 0 amide bonds. The van der Waals surface area contributed by atoms with Gasteiger partial charge in [-0.25, -0.2) is 0 Å². The molecular formula is C9H14O. The van der Waals surface area contributed by atoms with Gasteiger partial charge in [0.1, 0.15) is 0 Å². The second kappa shape index (κ2) is 1.65. The molecule has 0 aromatic rings. The zero-order valence-electron chi connectivity index (χ0n) is 6.43. The first kappa shape index (κ1) is 6.41. The molecule has 0 spiro atoms. The lowest BCUT2D eigenvalue weighted by molar-refractivity contribution is 0.115. The van der Waals surface area contributed by atoms with Crippen molar-refractivity contribution >= 4 is 0 Å². The van der Waals surface area contributed by atoms with Gasteiger partial charge in [-0.15, -0.1) is 0 Å². The van der Waals surface area contributed by atoms with Gasteiger partial charge in [0.05, 0.1) is 6.10 Å². The minimum atomic E-state index is -0.0319. The van der Waals surface area contributed by atoms with Crippen molar-refractivity contribution in [3.63, 3.8) is 0 Å². The maximum Gasteiger partial charge on any atom is 0.0580 e. The molecule has 2 aliphatic rings. The van der Waals surface area contributed by atoms with E-state index in [2.05, 4.69) is 13.5 Å². The van der Waals surface area contributed by atoms with Gasteiger partial charge in [0, 0.05) is 0 Å². The molecule has 1 N–H and O–H groups in total. The molecule has 3 atom stereocenters. The first-order valence-electron chi connectivity index (χ1n) is 4.01. The third-order valence-electron chi connectivity index (χ3n) is 3.32. The van der Waals surface area contributed by atoms with Crippen LogP contribution in [0.5, 0.6) is 0 Å². The molecule has 1 nitrogen and oxygen atoms in total. The van der Waals surface area contributed by atoms with E-state index in [0.29, 0.717) is 11.3 Å². The predicted molar refractivity (Wildman–Crippen MR) is 40.6 cm³/mol. The summed E-state index contributed by atoms with van der Waals surface area (Å²) in [4.78, 5) is 0. The Morgan fingerprint density at radius 2 is 2.40 bits per heavy atom. The van der Waals surface area contributed by atoms with Crippen LogP contribution >= 0.6 is 0 Å². The Kier molecular flexibility index (Phi) is 1.06. The topological polar surface area (TPSA) is 20.2 Å². The molecule has 0 radical (unpaired) electrons. The predicted octanol–water partition coefficient (Wildman–Crippen LogP) is 1.72. The number of hydrogen-bond donors (Lipinski definition) is 1. The van der Waals surface area contributed by atoms with E-state index in [1.165, 1.54) is 12.0 Å². The van der Waals surface area contributed by atoms with E-state index in [4.69, 9.17) is 0 Å². The maximum absolute atomic E-state index is 9.46. The monoisotopic (exact) mass is 138 g/mol. The quantitative estimate of drug-likeness (QED) is 0.505. The summed E-state index contributed by atoms with van der Waals surface area (Å²) in [6, 6.07) is 0. The molecule has 2 aliphatic carbocycles. The maximum atomic E-state index is 9.46. The van der Waals surface area contributed by atoms with Crippen molar-refractivity contribution in [2.45, 2.75) is 32.3 Å². The molecule has 0 aromatic carbocycles. The molecule has 0 aromatic heterocycles. The van der Waals surface area contributed by atoms with Gasteiger partial charge in [0.2, 0.25) is 0 Å². The summed E-state index contributed by atoms with van der Waals surface area (Å²) in [5.74, 6) is 0.550. The minimum Gasteiger partial charge on any atom is -0.393 e. The molecule has 0 bridgehead atoms. The lowest BCUT2D eigenvalue weighted by atomic mass is 9.84. The normalized spacial score (nSPS) is 52.4. The van der Waals surface area contributed by atoms with Crippen LogP contribution in [-0.2, 0) is 0 Å².